The zero-order valence-electron chi connectivity index (χ0n) is 13.5. The first-order chi connectivity index (χ1) is 11.3. The van der Waals surface area contributed by atoms with Crippen LogP contribution in [-0.4, -0.2) is 45.5 Å². The number of benzene rings is 1. The molecule has 6 nitrogen and oxygen atoms in total. The molecule has 0 N–H and O–H groups in total. The van der Waals surface area contributed by atoms with Gasteiger partial charge in [-0.1, -0.05) is 30.1 Å². The van der Waals surface area contributed by atoms with Crippen molar-refractivity contribution < 1.29 is 14.4 Å². The molecule has 0 saturated carbocycles. The van der Waals surface area contributed by atoms with Gasteiger partial charge in [0.05, 0.1) is 5.69 Å². The number of halogens is 2. The Labute approximate surface area is 154 Å². The zero-order valence-corrected chi connectivity index (χ0v) is 15.8. The summed E-state index contributed by atoms with van der Waals surface area (Å²) in [6.07, 6.45) is 0. The van der Waals surface area contributed by atoms with Crippen molar-refractivity contribution in [3.05, 3.63) is 28.2 Å². The number of amides is 5. The summed E-state index contributed by atoms with van der Waals surface area (Å²) in [4.78, 5) is 39.3. The third-order valence-electron chi connectivity index (χ3n) is 3.23. The minimum atomic E-state index is -0.703. The van der Waals surface area contributed by atoms with Crippen molar-refractivity contribution in [3.8, 4) is 0 Å². The predicted molar refractivity (Wildman–Crippen MR) is 96.6 cm³/mol. The lowest BCUT2D eigenvalue weighted by Gasteiger charge is -2.28. The fraction of sp³-hybridized carbons (Fsp3) is 0.400. The Balaban J connectivity index is 2.29. The van der Waals surface area contributed by atoms with E-state index in [-0.39, 0.29) is 18.3 Å². The fourth-order valence-corrected chi connectivity index (χ4v) is 3.56. The Kier molecular flexibility index (Phi) is 6.01. The largest absolute Gasteiger partial charge is 0.340 e. The summed E-state index contributed by atoms with van der Waals surface area (Å²) in [5.74, 6) is 0.171. The summed E-state index contributed by atoms with van der Waals surface area (Å²) in [7, 11) is 0. The summed E-state index contributed by atoms with van der Waals surface area (Å²) in [6, 6.07) is 3.09. The Morgan fingerprint density at radius 2 is 1.83 bits per heavy atom. The van der Waals surface area contributed by atoms with Crippen LogP contribution in [0.5, 0.6) is 0 Å². The van der Waals surface area contributed by atoms with Crippen LogP contribution in [0.4, 0.5) is 15.3 Å². The van der Waals surface area contributed by atoms with E-state index in [4.69, 9.17) is 23.2 Å². The molecule has 0 aliphatic carbocycles. The second kappa shape index (κ2) is 7.63. The number of carbonyl (C=O) groups is 3. The van der Waals surface area contributed by atoms with E-state index in [2.05, 4.69) is 0 Å². The van der Waals surface area contributed by atoms with Crippen LogP contribution in [0.2, 0.25) is 10.0 Å². The van der Waals surface area contributed by atoms with Gasteiger partial charge in [-0.15, -0.1) is 0 Å². The first-order valence-corrected chi connectivity index (χ1v) is 9.02. The molecule has 0 spiro atoms. The molecule has 1 aromatic carbocycles. The van der Waals surface area contributed by atoms with Crippen LogP contribution in [-0.2, 0) is 4.79 Å². The summed E-state index contributed by atoms with van der Waals surface area (Å²) in [6.45, 7) is 5.29. The molecule has 1 fully saturated rings. The van der Waals surface area contributed by atoms with Crippen LogP contribution in [0.15, 0.2) is 18.2 Å². The number of carbonyl (C=O) groups excluding carboxylic acids is 3. The van der Waals surface area contributed by atoms with Gasteiger partial charge in [-0.25, -0.2) is 19.4 Å². The molecule has 24 heavy (non-hydrogen) atoms. The van der Waals surface area contributed by atoms with Crippen LogP contribution in [0.3, 0.4) is 0 Å². The van der Waals surface area contributed by atoms with Crippen molar-refractivity contribution in [2.24, 2.45) is 0 Å². The van der Waals surface area contributed by atoms with Crippen molar-refractivity contribution in [3.63, 3.8) is 0 Å². The molecule has 0 aromatic heterocycles. The maximum Gasteiger partial charge on any atom is 0.340 e. The van der Waals surface area contributed by atoms with Crippen molar-refractivity contribution >= 4 is 58.8 Å². The molecule has 1 aliphatic heterocycles. The molecule has 130 valence electrons. The van der Waals surface area contributed by atoms with E-state index in [0.717, 1.165) is 9.80 Å². The van der Waals surface area contributed by atoms with Gasteiger partial charge < -0.3 is 0 Å². The quantitative estimate of drug-likeness (QED) is 0.569. The second-order valence-corrected chi connectivity index (χ2v) is 7.45. The Bertz CT molecular complexity index is 664. The minimum Gasteiger partial charge on any atom is -0.272 e. The maximum absolute atomic E-state index is 12.6. The first-order valence-electron chi connectivity index (χ1n) is 7.33. The average Bonchev–Trinajstić information content (AvgIpc) is 2.77. The fourth-order valence-electron chi connectivity index (χ4n) is 2.26. The third kappa shape index (κ3) is 3.79. The van der Waals surface area contributed by atoms with Gasteiger partial charge >= 0.3 is 12.1 Å². The van der Waals surface area contributed by atoms with Crippen LogP contribution in [0.25, 0.3) is 0 Å². The highest BCUT2D eigenvalue weighted by molar-refractivity contribution is 7.97. The highest BCUT2D eigenvalue weighted by Crippen LogP contribution is 2.29. The summed E-state index contributed by atoms with van der Waals surface area (Å²) in [5, 5.41) is 0.599. The lowest BCUT2D eigenvalue weighted by Crippen LogP contribution is -2.45. The highest BCUT2D eigenvalue weighted by atomic mass is 35.5. The van der Waals surface area contributed by atoms with Gasteiger partial charge in [0, 0.05) is 21.8 Å². The molecule has 9 heteroatoms. The molecule has 1 saturated heterocycles. The first kappa shape index (κ1) is 18.9. The monoisotopic (exact) mass is 389 g/mol. The van der Waals surface area contributed by atoms with E-state index in [1.807, 2.05) is 20.8 Å². The molecule has 0 radical (unpaired) electrons. The van der Waals surface area contributed by atoms with E-state index in [0.29, 0.717) is 15.8 Å². The number of imide groups is 2. The number of hydrogen-bond acceptors (Lipinski definition) is 4. The number of urea groups is 2. The Hall–Kier alpha value is -1.44. The van der Waals surface area contributed by atoms with Gasteiger partial charge in [-0.3, -0.25) is 9.10 Å². The summed E-state index contributed by atoms with van der Waals surface area (Å²) in [5.41, 5.74) is 0.247. The highest BCUT2D eigenvalue weighted by Gasteiger charge is 2.43. The van der Waals surface area contributed by atoms with E-state index < -0.39 is 18.0 Å². The normalized spacial score (nSPS) is 14.8. The number of anilines is 1. The maximum atomic E-state index is 12.6. The summed E-state index contributed by atoms with van der Waals surface area (Å²) < 4.78 is 1.49. The van der Waals surface area contributed by atoms with Crippen molar-refractivity contribution in [2.45, 2.75) is 26.8 Å². The molecule has 5 amide bonds. The third-order valence-corrected chi connectivity index (χ3v) is 4.78. The smallest absolute Gasteiger partial charge is 0.272 e. The molecular formula is C15H17Cl2N3O3S. The summed E-state index contributed by atoms with van der Waals surface area (Å²) >= 11 is 13.2. The predicted octanol–water partition coefficient (Wildman–Crippen LogP) is 4.26. The van der Waals surface area contributed by atoms with Crippen LogP contribution in [0, 0.1) is 0 Å². The van der Waals surface area contributed by atoms with Crippen molar-refractivity contribution in [2.75, 3.05) is 17.2 Å². The lowest BCUT2D eigenvalue weighted by atomic mass is 10.3. The van der Waals surface area contributed by atoms with Crippen molar-refractivity contribution in [1.29, 1.82) is 0 Å². The Morgan fingerprint density at radius 1 is 1.25 bits per heavy atom. The van der Waals surface area contributed by atoms with Gasteiger partial charge in [0.1, 0.15) is 6.54 Å². The number of nitrogens with zero attached hydrogens (tertiary/aromatic N) is 3. The van der Waals surface area contributed by atoms with E-state index >= 15 is 0 Å². The van der Waals surface area contributed by atoms with Crippen molar-refractivity contribution in [1.82, 2.24) is 9.21 Å². The molecule has 2 rings (SSSR count). The molecule has 1 aliphatic rings. The van der Waals surface area contributed by atoms with Gasteiger partial charge in [0.25, 0.3) is 5.91 Å². The standard InChI is InChI=1S/C15H17Cl2N3O3S/c1-4-24-20(9(2)3)15(23)18-8-13(21)19(14(18)22)12-6-10(16)5-11(17)7-12/h5-7,9H,4,8H2,1-3H3. The molecular weight excluding hydrogens is 373 g/mol. The SMILES string of the molecule is CCSN(C(=O)N1CC(=O)N(c2cc(Cl)cc(Cl)c2)C1=O)C(C)C. The van der Waals surface area contributed by atoms with E-state index in [1.54, 1.807) is 0 Å². The second-order valence-electron chi connectivity index (χ2n) is 5.35. The molecule has 1 heterocycles. The number of rotatable bonds is 4. The molecule has 0 atom stereocenters. The number of hydrogen-bond donors (Lipinski definition) is 0. The van der Waals surface area contributed by atoms with Crippen LogP contribution < -0.4 is 4.90 Å². The minimum absolute atomic E-state index is 0.111. The van der Waals surface area contributed by atoms with Gasteiger partial charge in [0.2, 0.25) is 0 Å². The van der Waals surface area contributed by atoms with Crippen LogP contribution in [0.1, 0.15) is 20.8 Å². The van der Waals surface area contributed by atoms with Gasteiger partial charge in [-0.2, -0.15) is 0 Å². The van der Waals surface area contributed by atoms with E-state index in [1.165, 1.54) is 34.5 Å². The van der Waals surface area contributed by atoms with E-state index in [9.17, 15) is 14.4 Å². The lowest BCUT2D eigenvalue weighted by molar-refractivity contribution is -0.116. The molecule has 0 unspecified atom stereocenters. The molecule has 1 aromatic rings. The topological polar surface area (TPSA) is 60.9 Å². The zero-order chi connectivity index (χ0) is 18.0. The van der Waals surface area contributed by atoms with Crippen LogP contribution >= 0.6 is 35.1 Å². The Morgan fingerprint density at radius 3 is 2.33 bits per heavy atom. The molecule has 0 bridgehead atoms. The van der Waals surface area contributed by atoms with Gasteiger partial charge in [0.15, 0.2) is 0 Å². The van der Waals surface area contributed by atoms with Gasteiger partial charge in [-0.05, 0) is 44.0 Å². The average molecular weight is 390 g/mol.